The Balaban J connectivity index is 1.55. The van der Waals surface area contributed by atoms with E-state index in [-0.39, 0.29) is 6.10 Å². The third-order valence-electron chi connectivity index (χ3n) is 4.80. The van der Waals surface area contributed by atoms with Crippen molar-refractivity contribution in [2.24, 2.45) is 4.99 Å². The van der Waals surface area contributed by atoms with E-state index in [0.29, 0.717) is 6.04 Å². The van der Waals surface area contributed by atoms with Crippen molar-refractivity contribution in [1.82, 2.24) is 4.90 Å². The second-order valence-electron chi connectivity index (χ2n) is 6.23. The Hall–Kier alpha value is -1.26. The molecule has 1 unspecified atom stereocenters. The average Bonchev–Trinajstić information content (AvgIpc) is 2.56. The number of anilines is 1. The fraction of sp³-hybridized carbons (Fsp3) is 0.588. The normalized spacial score (nSPS) is 24.0. The standard InChI is InChI=1S/C17H23N3OS/c21-17-2-1-9-20(12-17)16-7-10-19(11-8-16)15-5-3-14(4-6-15)18-13-22/h3-6,16-17,21H,1-2,7-12H2. The summed E-state index contributed by atoms with van der Waals surface area (Å²) in [5.74, 6) is 0. The smallest absolute Gasteiger partial charge is 0.0741 e. The maximum Gasteiger partial charge on any atom is 0.0741 e. The van der Waals surface area contributed by atoms with E-state index in [9.17, 15) is 5.11 Å². The summed E-state index contributed by atoms with van der Waals surface area (Å²) in [6.07, 6.45) is 4.31. The van der Waals surface area contributed by atoms with Gasteiger partial charge in [0.1, 0.15) is 0 Å². The Morgan fingerprint density at radius 2 is 1.82 bits per heavy atom. The molecule has 0 spiro atoms. The molecule has 1 N–H and O–H groups in total. The predicted octanol–water partition coefficient (Wildman–Crippen LogP) is 2.85. The lowest BCUT2D eigenvalue weighted by atomic mass is 9.98. The number of aliphatic hydroxyl groups excluding tert-OH is 1. The summed E-state index contributed by atoms with van der Waals surface area (Å²) in [5.41, 5.74) is 2.11. The minimum atomic E-state index is -0.124. The number of hydrogen-bond acceptors (Lipinski definition) is 5. The zero-order valence-corrected chi connectivity index (χ0v) is 13.6. The molecule has 0 aliphatic carbocycles. The van der Waals surface area contributed by atoms with Gasteiger partial charge in [-0.3, -0.25) is 4.90 Å². The number of likely N-dealkylation sites (tertiary alicyclic amines) is 1. The van der Waals surface area contributed by atoms with E-state index in [0.717, 1.165) is 44.7 Å². The lowest BCUT2D eigenvalue weighted by molar-refractivity contribution is 0.0398. The summed E-state index contributed by atoms with van der Waals surface area (Å²) in [6.45, 7) is 4.15. The zero-order chi connectivity index (χ0) is 15.4. The summed E-state index contributed by atoms with van der Waals surface area (Å²) < 4.78 is 0. The molecule has 2 heterocycles. The highest BCUT2D eigenvalue weighted by Gasteiger charge is 2.28. The Kier molecular flexibility index (Phi) is 5.21. The first kappa shape index (κ1) is 15.6. The second kappa shape index (κ2) is 7.34. The summed E-state index contributed by atoms with van der Waals surface area (Å²) in [4.78, 5) is 8.91. The molecule has 4 nitrogen and oxygen atoms in total. The van der Waals surface area contributed by atoms with Crippen LogP contribution in [0.2, 0.25) is 0 Å². The Labute approximate surface area is 137 Å². The van der Waals surface area contributed by atoms with Gasteiger partial charge in [0.2, 0.25) is 0 Å². The highest BCUT2D eigenvalue weighted by molar-refractivity contribution is 7.78. The van der Waals surface area contributed by atoms with Gasteiger partial charge in [0.05, 0.1) is 17.0 Å². The quantitative estimate of drug-likeness (QED) is 0.687. The van der Waals surface area contributed by atoms with Crippen molar-refractivity contribution in [3.8, 4) is 0 Å². The van der Waals surface area contributed by atoms with Crippen LogP contribution in [-0.4, -0.2) is 53.5 Å². The van der Waals surface area contributed by atoms with Crippen molar-refractivity contribution in [3.05, 3.63) is 24.3 Å². The molecule has 2 fully saturated rings. The fourth-order valence-electron chi connectivity index (χ4n) is 3.59. The summed E-state index contributed by atoms with van der Waals surface area (Å²) >= 11 is 4.63. The van der Waals surface area contributed by atoms with Crippen LogP contribution >= 0.6 is 12.2 Å². The molecule has 2 aliphatic heterocycles. The van der Waals surface area contributed by atoms with Gasteiger partial charge in [-0.25, -0.2) is 0 Å². The number of rotatable bonds is 3. The van der Waals surface area contributed by atoms with Crippen LogP contribution in [0.3, 0.4) is 0 Å². The monoisotopic (exact) mass is 317 g/mol. The number of isothiocyanates is 1. The van der Waals surface area contributed by atoms with Gasteiger partial charge in [0.15, 0.2) is 0 Å². The third-order valence-corrected chi connectivity index (χ3v) is 4.89. The summed E-state index contributed by atoms with van der Waals surface area (Å²) in [7, 11) is 0. The molecule has 0 radical (unpaired) electrons. The molecule has 0 bridgehead atoms. The topological polar surface area (TPSA) is 39.1 Å². The van der Waals surface area contributed by atoms with Crippen LogP contribution in [0.25, 0.3) is 0 Å². The Bertz CT molecular complexity index is 533. The highest BCUT2D eigenvalue weighted by Crippen LogP contribution is 2.26. The summed E-state index contributed by atoms with van der Waals surface area (Å²) in [6, 6.07) is 8.82. The van der Waals surface area contributed by atoms with Crippen molar-refractivity contribution in [2.45, 2.75) is 37.8 Å². The van der Waals surface area contributed by atoms with Gasteiger partial charge in [-0.05, 0) is 68.7 Å². The predicted molar refractivity (Wildman–Crippen MR) is 93.2 cm³/mol. The van der Waals surface area contributed by atoms with Gasteiger partial charge in [0, 0.05) is 31.4 Å². The molecule has 2 aliphatic rings. The van der Waals surface area contributed by atoms with Crippen LogP contribution in [0.5, 0.6) is 0 Å². The van der Waals surface area contributed by atoms with Crippen molar-refractivity contribution < 1.29 is 5.11 Å². The maximum absolute atomic E-state index is 9.84. The van der Waals surface area contributed by atoms with Crippen LogP contribution in [0.15, 0.2) is 29.3 Å². The minimum absolute atomic E-state index is 0.124. The number of benzene rings is 1. The van der Waals surface area contributed by atoms with E-state index in [2.05, 4.69) is 44.3 Å². The lowest BCUT2D eigenvalue weighted by Gasteiger charge is -2.42. The Morgan fingerprint density at radius 3 is 2.45 bits per heavy atom. The minimum Gasteiger partial charge on any atom is -0.392 e. The van der Waals surface area contributed by atoms with Gasteiger partial charge in [0.25, 0.3) is 0 Å². The molecule has 118 valence electrons. The Morgan fingerprint density at radius 1 is 1.09 bits per heavy atom. The van der Waals surface area contributed by atoms with Crippen molar-refractivity contribution in [1.29, 1.82) is 0 Å². The van der Waals surface area contributed by atoms with E-state index in [1.807, 2.05) is 12.1 Å². The first-order valence-corrected chi connectivity index (χ1v) is 8.52. The van der Waals surface area contributed by atoms with Crippen LogP contribution in [0, 0.1) is 0 Å². The molecule has 0 saturated carbocycles. The first-order valence-electron chi connectivity index (χ1n) is 8.11. The molecular weight excluding hydrogens is 294 g/mol. The molecule has 2 saturated heterocycles. The average molecular weight is 317 g/mol. The van der Waals surface area contributed by atoms with Crippen molar-refractivity contribution in [3.63, 3.8) is 0 Å². The summed E-state index contributed by atoms with van der Waals surface area (Å²) in [5, 5.41) is 12.2. The second-order valence-corrected chi connectivity index (χ2v) is 6.41. The van der Waals surface area contributed by atoms with Crippen LogP contribution < -0.4 is 4.90 Å². The zero-order valence-electron chi connectivity index (χ0n) is 12.8. The molecular formula is C17H23N3OS. The SMILES string of the molecule is OC1CCCN(C2CCN(c3ccc(N=C=S)cc3)CC2)C1. The molecule has 1 aromatic carbocycles. The van der Waals surface area contributed by atoms with E-state index in [1.165, 1.54) is 18.5 Å². The number of aliphatic imine (C=N–C) groups is 1. The van der Waals surface area contributed by atoms with Crippen LogP contribution in [0.1, 0.15) is 25.7 Å². The highest BCUT2D eigenvalue weighted by atomic mass is 32.1. The molecule has 22 heavy (non-hydrogen) atoms. The van der Waals surface area contributed by atoms with E-state index >= 15 is 0 Å². The maximum atomic E-state index is 9.84. The number of thiocarbonyl (C=S) groups is 1. The van der Waals surface area contributed by atoms with Gasteiger partial charge in [-0.15, -0.1) is 0 Å². The van der Waals surface area contributed by atoms with E-state index in [1.54, 1.807) is 0 Å². The van der Waals surface area contributed by atoms with Gasteiger partial charge >= 0.3 is 0 Å². The van der Waals surface area contributed by atoms with Crippen molar-refractivity contribution >= 4 is 28.8 Å². The third kappa shape index (κ3) is 3.73. The number of nitrogens with zero attached hydrogens (tertiary/aromatic N) is 3. The molecule has 1 aromatic rings. The van der Waals surface area contributed by atoms with Crippen molar-refractivity contribution in [2.75, 3.05) is 31.1 Å². The number of β-amino-alcohol motifs (C(OH)–C–C–N with tert-alkyl or cyclic N) is 1. The number of piperidine rings is 2. The molecule has 5 heteroatoms. The van der Waals surface area contributed by atoms with Gasteiger partial charge in [-0.1, -0.05) is 0 Å². The molecule has 0 amide bonds. The first-order chi connectivity index (χ1) is 10.8. The number of hydrogen-bond donors (Lipinski definition) is 1. The van der Waals surface area contributed by atoms with Gasteiger partial charge < -0.3 is 10.0 Å². The molecule has 3 rings (SSSR count). The fourth-order valence-corrected chi connectivity index (χ4v) is 3.70. The molecule has 0 aromatic heterocycles. The van der Waals surface area contributed by atoms with Crippen LogP contribution in [0.4, 0.5) is 11.4 Å². The van der Waals surface area contributed by atoms with Gasteiger partial charge in [-0.2, -0.15) is 4.99 Å². The largest absolute Gasteiger partial charge is 0.392 e. The molecule has 1 atom stereocenters. The van der Waals surface area contributed by atoms with Crippen LogP contribution in [-0.2, 0) is 0 Å². The lowest BCUT2D eigenvalue weighted by Crippen LogP contribution is -2.49. The van der Waals surface area contributed by atoms with E-state index < -0.39 is 0 Å². The van der Waals surface area contributed by atoms with E-state index in [4.69, 9.17) is 0 Å². The number of aliphatic hydroxyl groups is 1.